The first-order chi connectivity index (χ1) is 19.3. The van der Waals surface area contributed by atoms with E-state index in [2.05, 4.69) is 10.6 Å². The molecule has 0 aliphatic rings. The predicted molar refractivity (Wildman–Crippen MR) is 144 cm³/mol. The highest BCUT2D eigenvalue weighted by Gasteiger charge is 2.29. The van der Waals surface area contributed by atoms with Crippen molar-refractivity contribution in [2.75, 3.05) is 10.6 Å². The van der Waals surface area contributed by atoms with Crippen molar-refractivity contribution in [2.24, 2.45) is 0 Å². The zero-order chi connectivity index (χ0) is 28.2. The number of thiophene rings is 2. The molecule has 2 aromatic heterocycles. The highest BCUT2D eigenvalue weighted by Crippen LogP contribution is 2.39. The first-order valence-corrected chi connectivity index (χ1v) is 13.2. The maximum atomic E-state index is 14.8. The Morgan fingerprint density at radius 2 is 0.900 bits per heavy atom. The van der Waals surface area contributed by atoms with Crippen molar-refractivity contribution in [1.29, 1.82) is 0 Å². The summed E-state index contributed by atoms with van der Waals surface area (Å²) >= 11 is 2.50. The van der Waals surface area contributed by atoms with Gasteiger partial charge in [0, 0.05) is 11.4 Å². The molecule has 12 heteroatoms. The van der Waals surface area contributed by atoms with E-state index in [1.807, 2.05) is 0 Å². The van der Waals surface area contributed by atoms with Crippen LogP contribution in [-0.2, 0) is 0 Å². The molecule has 40 heavy (non-hydrogen) atoms. The van der Waals surface area contributed by atoms with Crippen LogP contribution in [0.15, 0.2) is 83.6 Å². The number of rotatable bonds is 8. The molecule has 0 radical (unpaired) electrons. The second kappa shape index (κ2) is 11.6. The number of amides is 2. The Hall–Kier alpha value is -4.68. The number of benzene rings is 3. The van der Waals surface area contributed by atoms with E-state index in [1.165, 1.54) is 71.2 Å². The Kier molecular flexibility index (Phi) is 7.80. The summed E-state index contributed by atoms with van der Waals surface area (Å²) in [5.41, 5.74) is 0.731. The molecule has 2 heterocycles. The van der Waals surface area contributed by atoms with E-state index >= 15 is 0 Å². The van der Waals surface area contributed by atoms with E-state index in [4.69, 9.17) is 9.47 Å². The van der Waals surface area contributed by atoms with Crippen molar-refractivity contribution in [3.8, 4) is 23.0 Å². The van der Waals surface area contributed by atoms with E-state index in [9.17, 15) is 27.2 Å². The molecular formula is C28H16F4N2O4S2. The minimum absolute atomic E-state index is 0.139. The highest BCUT2D eigenvalue weighted by molar-refractivity contribution is 7.12. The van der Waals surface area contributed by atoms with Crippen molar-refractivity contribution in [2.45, 2.75) is 0 Å². The summed E-state index contributed by atoms with van der Waals surface area (Å²) < 4.78 is 69.2. The van der Waals surface area contributed by atoms with Gasteiger partial charge in [0.1, 0.15) is 11.5 Å². The lowest BCUT2D eigenvalue weighted by Crippen LogP contribution is -2.10. The van der Waals surface area contributed by atoms with E-state index < -0.39 is 34.8 Å². The number of ether oxygens (including phenoxy) is 2. The summed E-state index contributed by atoms with van der Waals surface area (Å²) in [4.78, 5) is 25.2. The van der Waals surface area contributed by atoms with Gasteiger partial charge in [-0.3, -0.25) is 9.59 Å². The van der Waals surface area contributed by atoms with Gasteiger partial charge in [0.25, 0.3) is 11.8 Å². The van der Waals surface area contributed by atoms with Crippen LogP contribution < -0.4 is 20.1 Å². The molecule has 0 bridgehead atoms. The molecule has 2 amide bonds. The van der Waals surface area contributed by atoms with Crippen LogP contribution >= 0.6 is 22.7 Å². The minimum atomic E-state index is -1.80. The Labute approximate surface area is 232 Å². The van der Waals surface area contributed by atoms with Crippen molar-refractivity contribution >= 4 is 45.9 Å². The van der Waals surface area contributed by atoms with Gasteiger partial charge in [-0.05, 0) is 71.4 Å². The third-order valence-electron chi connectivity index (χ3n) is 5.34. The third-order valence-corrected chi connectivity index (χ3v) is 7.07. The molecule has 202 valence electrons. The highest BCUT2D eigenvalue weighted by atomic mass is 32.1. The summed E-state index contributed by atoms with van der Waals surface area (Å²) in [6, 6.07) is 17.4. The van der Waals surface area contributed by atoms with E-state index in [0.717, 1.165) is 0 Å². The van der Waals surface area contributed by atoms with Crippen LogP contribution in [0.2, 0.25) is 0 Å². The molecule has 3 aromatic carbocycles. The number of hydrogen-bond acceptors (Lipinski definition) is 6. The average Bonchev–Trinajstić information content (AvgIpc) is 3.70. The number of anilines is 2. The molecule has 5 aromatic rings. The Morgan fingerprint density at radius 3 is 1.20 bits per heavy atom. The largest absolute Gasteiger partial charge is 0.451 e. The monoisotopic (exact) mass is 584 g/mol. The van der Waals surface area contributed by atoms with Gasteiger partial charge >= 0.3 is 0 Å². The van der Waals surface area contributed by atoms with Crippen LogP contribution in [-0.4, -0.2) is 11.8 Å². The zero-order valence-corrected chi connectivity index (χ0v) is 21.7. The molecule has 6 nitrogen and oxygen atoms in total. The van der Waals surface area contributed by atoms with Gasteiger partial charge in [-0.1, -0.05) is 12.1 Å². The minimum Gasteiger partial charge on any atom is -0.451 e. The van der Waals surface area contributed by atoms with Gasteiger partial charge in [0.2, 0.25) is 34.8 Å². The topological polar surface area (TPSA) is 76.7 Å². The van der Waals surface area contributed by atoms with Crippen molar-refractivity contribution in [3.63, 3.8) is 0 Å². The number of carbonyl (C=O) groups excluding carboxylic acids is 2. The van der Waals surface area contributed by atoms with Gasteiger partial charge < -0.3 is 20.1 Å². The molecule has 0 fully saturated rings. The fourth-order valence-electron chi connectivity index (χ4n) is 3.42. The number of nitrogens with one attached hydrogen (secondary N) is 2. The fraction of sp³-hybridized carbons (Fsp3) is 0. The maximum Gasteiger partial charge on any atom is 0.265 e. The molecule has 2 N–H and O–H groups in total. The summed E-state index contributed by atoms with van der Waals surface area (Å²) in [6.45, 7) is 0. The molecule has 0 saturated carbocycles. The van der Waals surface area contributed by atoms with Crippen LogP contribution in [0, 0.1) is 23.3 Å². The lowest BCUT2D eigenvalue weighted by atomic mass is 10.2. The SMILES string of the molecule is O=C(Nc1ccc(Oc2c(F)c(F)c(Oc3ccc(NC(=O)c4cccs4)cc3)c(F)c2F)cc1)c1cccs1. The second-order valence-corrected chi connectivity index (χ2v) is 9.93. The lowest BCUT2D eigenvalue weighted by molar-refractivity contribution is 0.102. The molecule has 0 atom stereocenters. The second-order valence-electron chi connectivity index (χ2n) is 8.03. The predicted octanol–water partition coefficient (Wildman–Crippen LogP) is 8.46. The van der Waals surface area contributed by atoms with Gasteiger partial charge in [-0.15, -0.1) is 22.7 Å². The molecule has 0 saturated heterocycles. The van der Waals surface area contributed by atoms with Gasteiger partial charge in [-0.25, -0.2) is 0 Å². The van der Waals surface area contributed by atoms with Crippen LogP contribution in [0.3, 0.4) is 0 Å². The van der Waals surface area contributed by atoms with E-state index in [0.29, 0.717) is 21.1 Å². The van der Waals surface area contributed by atoms with Crippen LogP contribution in [0.4, 0.5) is 28.9 Å². The number of hydrogen-bond donors (Lipinski definition) is 2. The Balaban J connectivity index is 1.28. The van der Waals surface area contributed by atoms with Crippen LogP contribution in [0.25, 0.3) is 0 Å². The standard InChI is InChI=1S/C28H16F4N2O4S2/c29-21-23(31)26(38-18-11-7-16(8-12-18)34-28(36)20-4-2-14-40-20)24(32)22(30)25(21)37-17-9-5-15(6-10-17)33-27(35)19-3-1-13-39-19/h1-14H,(H,33,35)(H,34,36). The lowest BCUT2D eigenvalue weighted by Gasteiger charge is -2.14. The first kappa shape index (κ1) is 26.9. The summed E-state index contributed by atoms with van der Waals surface area (Å²) in [5.74, 6) is -10.8. The quantitative estimate of drug-likeness (QED) is 0.142. The van der Waals surface area contributed by atoms with Crippen molar-refractivity contribution in [1.82, 2.24) is 0 Å². The summed E-state index contributed by atoms with van der Waals surface area (Å²) in [6.07, 6.45) is 0. The molecule has 0 aliphatic carbocycles. The molecule has 0 spiro atoms. The summed E-state index contributed by atoms with van der Waals surface area (Å²) in [5, 5.41) is 8.76. The third kappa shape index (κ3) is 5.82. The Morgan fingerprint density at radius 1 is 0.550 bits per heavy atom. The first-order valence-electron chi connectivity index (χ1n) is 11.4. The smallest absolute Gasteiger partial charge is 0.265 e. The maximum absolute atomic E-state index is 14.8. The number of halogens is 4. The summed E-state index contributed by atoms with van der Waals surface area (Å²) in [7, 11) is 0. The molecule has 5 rings (SSSR count). The fourth-order valence-corrected chi connectivity index (χ4v) is 4.66. The Bertz CT molecular complexity index is 1500. The van der Waals surface area contributed by atoms with Gasteiger partial charge in [0.05, 0.1) is 9.75 Å². The molecular weight excluding hydrogens is 568 g/mol. The number of carbonyl (C=O) groups is 2. The van der Waals surface area contributed by atoms with Gasteiger partial charge in [0.15, 0.2) is 0 Å². The van der Waals surface area contributed by atoms with Crippen LogP contribution in [0.1, 0.15) is 19.3 Å². The van der Waals surface area contributed by atoms with E-state index in [1.54, 1.807) is 35.0 Å². The van der Waals surface area contributed by atoms with E-state index in [-0.39, 0.29) is 23.3 Å². The normalized spacial score (nSPS) is 10.7. The van der Waals surface area contributed by atoms with Crippen molar-refractivity contribution < 1.29 is 36.6 Å². The van der Waals surface area contributed by atoms with Crippen LogP contribution in [0.5, 0.6) is 23.0 Å². The average molecular weight is 585 g/mol. The molecule has 0 unspecified atom stereocenters. The van der Waals surface area contributed by atoms with Gasteiger partial charge in [-0.2, -0.15) is 17.6 Å². The molecule has 0 aliphatic heterocycles. The van der Waals surface area contributed by atoms with Crippen molar-refractivity contribution in [3.05, 3.63) is 117 Å². The zero-order valence-electron chi connectivity index (χ0n) is 20.0.